The maximum Gasteiger partial charge on any atom is 0.310 e. The van der Waals surface area contributed by atoms with Gasteiger partial charge in [0.2, 0.25) is 0 Å². The molecule has 2 aromatic rings. The van der Waals surface area contributed by atoms with E-state index in [-0.39, 0.29) is 18.9 Å². The molecule has 0 spiro atoms. The number of amides is 1. The highest BCUT2D eigenvalue weighted by molar-refractivity contribution is 5.88. The van der Waals surface area contributed by atoms with E-state index in [0.717, 1.165) is 29.4 Å². The maximum atomic E-state index is 12.0. The van der Waals surface area contributed by atoms with E-state index in [4.69, 9.17) is 9.15 Å². The summed E-state index contributed by atoms with van der Waals surface area (Å²) in [6, 6.07) is 4.20. The van der Waals surface area contributed by atoms with Crippen molar-refractivity contribution in [3.8, 4) is 0 Å². The SMILES string of the molecule is CC(C)CNC(=O)COC(=O)Cc1coc2cc3c(cc12)CCC3. The van der Waals surface area contributed by atoms with Crippen molar-refractivity contribution in [3.63, 3.8) is 0 Å². The fourth-order valence-corrected chi connectivity index (χ4v) is 3.01. The molecular weight excluding hydrogens is 306 g/mol. The lowest BCUT2D eigenvalue weighted by molar-refractivity contribution is -0.147. The number of benzene rings is 1. The zero-order valence-electron chi connectivity index (χ0n) is 14.2. The fourth-order valence-electron chi connectivity index (χ4n) is 3.01. The summed E-state index contributed by atoms with van der Waals surface area (Å²) >= 11 is 0. The van der Waals surface area contributed by atoms with Gasteiger partial charge in [-0.3, -0.25) is 9.59 Å². The van der Waals surface area contributed by atoms with E-state index < -0.39 is 5.97 Å². The first-order valence-electron chi connectivity index (χ1n) is 8.47. The summed E-state index contributed by atoms with van der Waals surface area (Å²) in [6.45, 7) is 4.35. The van der Waals surface area contributed by atoms with Crippen molar-refractivity contribution in [2.45, 2.75) is 39.5 Å². The van der Waals surface area contributed by atoms with Gasteiger partial charge in [0.25, 0.3) is 5.91 Å². The normalized spacial score (nSPS) is 13.3. The number of furan rings is 1. The molecule has 0 unspecified atom stereocenters. The van der Waals surface area contributed by atoms with Crippen molar-refractivity contribution in [1.82, 2.24) is 5.32 Å². The summed E-state index contributed by atoms with van der Waals surface area (Å²) < 4.78 is 10.6. The van der Waals surface area contributed by atoms with E-state index in [0.29, 0.717) is 12.5 Å². The van der Waals surface area contributed by atoms with Gasteiger partial charge in [-0.15, -0.1) is 0 Å². The van der Waals surface area contributed by atoms with Crippen molar-refractivity contribution >= 4 is 22.8 Å². The van der Waals surface area contributed by atoms with Gasteiger partial charge in [-0.05, 0) is 48.4 Å². The molecule has 1 aliphatic rings. The van der Waals surface area contributed by atoms with Crippen LogP contribution in [0, 0.1) is 5.92 Å². The van der Waals surface area contributed by atoms with E-state index >= 15 is 0 Å². The maximum absolute atomic E-state index is 12.0. The Morgan fingerprint density at radius 2 is 2.00 bits per heavy atom. The van der Waals surface area contributed by atoms with Gasteiger partial charge in [0, 0.05) is 17.5 Å². The number of aryl methyl sites for hydroxylation is 2. The third kappa shape index (κ3) is 3.78. The zero-order chi connectivity index (χ0) is 17.1. The van der Waals surface area contributed by atoms with Crippen LogP contribution in [0.3, 0.4) is 0 Å². The van der Waals surface area contributed by atoms with Crippen LogP contribution in [0.15, 0.2) is 22.8 Å². The van der Waals surface area contributed by atoms with Crippen molar-refractivity contribution in [3.05, 3.63) is 35.1 Å². The molecule has 0 atom stereocenters. The molecule has 0 bridgehead atoms. The highest BCUT2D eigenvalue weighted by Gasteiger charge is 2.17. The van der Waals surface area contributed by atoms with Crippen molar-refractivity contribution in [1.29, 1.82) is 0 Å². The average molecular weight is 329 g/mol. The number of hydrogen-bond acceptors (Lipinski definition) is 4. The average Bonchev–Trinajstić information content (AvgIpc) is 3.15. The Morgan fingerprint density at radius 3 is 2.75 bits per heavy atom. The summed E-state index contributed by atoms with van der Waals surface area (Å²) in [5.74, 6) is -0.325. The smallest absolute Gasteiger partial charge is 0.310 e. The molecule has 5 heteroatoms. The monoisotopic (exact) mass is 329 g/mol. The predicted octanol–water partition coefficient (Wildman–Crippen LogP) is 2.78. The Bertz CT molecular complexity index is 760. The molecule has 1 heterocycles. The van der Waals surface area contributed by atoms with E-state index in [2.05, 4.69) is 17.4 Å². The molecule has 1 N–H and O–H groups in total. The molecule has 0 saturated heterocycles. The number of ether oxygens (including phenoxy) is 1. The Labute approximate surface area is 141 Å². The molecule has 5 nitrogen and oxygen atoms in total. The number of carbonyl (C=O) groups is 2. The van der Waals surface area contributed by atoms with Gasteiger partial charge in [0.15, 0.2) is 6.61 Å². The molecule has 1 aromatic heterocycles. The lowest BCUT2D eigenvalue weighted by Gasteiger charge is -2.08. The molecule has 0 radical (unpaired) electrons. The van der Waals surface area contributed by atoms with Crippen LogP contribution in [0.1, 0.15) is 37.0 Å². The first-order valence-corrected chi connectivity index (χ1v) is 8.47. The van der Waals surface area contributed by atoms with Gasteiger partial charge in [0.05, 0.1) is 12.7 Å². The van der Waals surface area contributed by atoms with Crippen LogP contribution in [0.5, 0.6) is 0 Å². The molecule has 0 saturated carbocycles. The van der Waals surface area contributed by atoms with E-state index in [1.54, 1.807) is 6.26 Å². The summed E-state index contributed by atoms with van der Waals surface area (Å²) in [5.41, 5.74) is 4.31. The molecule has 1 aliphatic carbocycles. The van der Waals surface area contributed by atoms with Gasteiger partial charge < -0.3 is 14.5 Å². The topological polar surface area (TPSA) is 68.5 Å². The first kappa shape index (κ1) is 16.6. The summed E-state index contributed by atoms with van der Waals surface area (Å²) in [7, 11) is 0. The predicted molar refractivity (Wildman–Crippen MR) is 90.7 cm³/mol. The summed E-state index contributed by atoms with van der Waals surface area (Å²) in [4.78, 5) is 23.6. The third-order valence-corrected chi connectivity index (χ3v) is 4.27. The molecule has 0 fully saturated rings. The molecule has 0 aliphatic heterocycles. The second-order valence-electron chi connectivity index (χ2n) is 6.77. The fraction of sp³-hybridized carbons (Fsp3) is 0.474. The van der Waals surface area contributed by atoms with Crippen LogP contribution in [0.25, 0.3) is 11.0 Å². The molecule has 24 heavy (non-hydrogen) atoms. The van der Waals surface area contributed by atoms with Crippen LogP contribution in [-0.4, -0.2) is 25.0 Å². The lowest BCUT2D eigenvalue weighted by Crippen LogP contribution is -2.31. The Balaban J connectivity index is 1.59. The van der Waals surface area contributed by atoms with E-state index in [1.807, 2.05) is 13.8 Å². The van der Waals surface area contributed by atoms with Crippen molar-refractivity contribution in [2.75, 3.05) is 13.2 Å². The third-order valence-electron chi connectivity index (χ3n) is 4.27. The minimum atomic E-state index is -0.419. The zero-order valence-corrected chi connectivity index (χ0v) is 14.2. The number of hydrogen-bond donors (Lipinski definition) is 1. The number of nitrogens with one attached hydrogen (secondary N) is 1. The van der Waals surface area contributed by atoms with Crippen molar-refractivity contribution in [2.24, 2.45) is 5.92 Å². The van der Waals surface area contributed by atoms with Gasteiger partial charge in [-0.1, -0.05) is 13.8 Å². The Morgan fingerprint density at radius 1 is 1.25 bits per heavy atom. The number of esters is 1. The Hall–Kier alpha value is -2.30. The minimum Gasteiger partial charge on any atom is -0.464 e. The Kier molecular flexibility index (Phi) is 4.88. The number of rotatable bonds is 6. The second kappa shape index (κ2) is 7.07. The standard InChI is InChI=1S/C19H23NO4/c1-12(2)9-20-18(21)11-24-19(22)8-15-10-23-17-7-14-5-3-4-13(14)6-16(15)17/h6-7,10,12H,3-5,8-9,11H2,1-2H3,(H,20,21). The van der Waals surface area contributed by atoms with Crippen molar-refractivity contribution < 1.29 is 18.7 Å². The molecule has 3 rings (SSSR count). The second-order valence-corrected chi connectivity index (χ2v) is 6.77. The number of fused-ring (bicyclic) bond motifs is 2. The van der Waals surface area contributed by atoms with Crippen LogP contribution in [0.4, 0.5) is 0 Å². The van der Waals surface area contributed by atoms with Gasteiger partial charge >= 0.3 is 5.97 Å². The highest BCUT2D eigenvalue weighted by Crippen LogP contribution is 2.30. The summed E-state index contributed by atoms with van der Waals surface area (Å²) in [6.07, 6.45) is 5.07. The van der Waals surface area contributed by atoms with Gasteiger partial charge in [-0.2, -0.15) is 0 Å². The largest absolute Gasteiger partial charge is 0.464 e. The first-order chi connectivity index (χ1) is 11.5. The van der Waals surface area contributed by atoms with Gasteiger partial charge in [-0.25, -0.2) is 0 Å². The van der Waals surface area contributed by atoms with Crippen LogP contribution in [-0.2, 0) is 33.6 Å². The quantitative estimate of drug-likeness (QED) is 0.828. The molecule has 1 aromatic carbocycles. The van der Waals surface area contributed by atoms with Crippen LogP contribution >= 0.6 is 0 Å². The van der Waals surface area contributed by atoms with Crippen LogP contribution in [0.2, 0.25) is 0 Å². The van der Waals surface area contributed by atoms with Crippen LogP contribution < -0.4 is 5.32 Å². The molecule has 128 valence electrons. The molecule has 1 amide bonds. The van der Waals surface area contributed by atoms with E-state index in [9.17, 15) is 9.59 Å². The van der Waals surface area contributed by atoms with E-state index in [1.165, 1.54) is 17.5 Å². The summed E-state index contributed by atoms with van der Waals surface area (Å²) in [5, 5.41) is 3.69. The lowest BCUT2D eigenvalue weighted by atomic mass is 10.0. The highest BCUT2D eigenvalue weighted by atomic mass is 16.5. The minimum absolute atomic E-state index is 0.114. The number of carbonyl (C=O) groups excluding carboxylic acids is 2. The molecular formula is C19H23NO4. The van der Waals surface area contributed by atoms with Gasteiger partial charge in [0.1, 0.15) is 5.58 Å².